The Morgan fingerprint density at radius 1 is 1.28 bits per heavy atom. The van der Waals surface area contributed by atoms with Crippen LogP contribution in [0.15, 0.2) is 11.4 Å². The maximum Gasteiger partial charge on any atom is 0.325 e. The summed E-state index contributed by atoms with van der Waals surface area (Å²) >= 11 is 1.58. The quantitative estimate of drug-likeness (QED) is 0.654. The number of amides is 6. The molecule has 2 fully saturated rings. The van der Waals surface area contributed by atoms with Crippen LogP contribution in [-0.4, -0.2) is 41.4 Å². The van der Waals surface area contributed by atoms with Gasteiger partial charge in [-0.2, -0.15) is 0 Å². The maximum absolute atomic E-state index is 13.1. The Morgan fingerprint density at radius 3 is 2.86 bits per heavy atom. The molecule has 0 radical (unpaired) electrons. The highest BCUT2D eigenvalue weighted by atomic mass is 32.1. The topological polar surface area (TPSA) is 108 Å². The van der Waals surface area contributed by atoms with E-state index in [0.717, 1.165) is 53.9 Å². The van der Waals surface area contributed by atoms with Crippen LogP contribution in [0.1, 0.15) is 55.9 Å². The summed E-state index contributed by atoms with van der Waals surface area (Å²) in [5.41, 5.74) is -0.246. The summed E-state index contributed by atoms with van der Waals surface area (Å²) < 4.78 is 0. The molecule has 1 saturated heterocycles. The molecule has 6 amide bonds. The van der Waals surface area contributed by atoms with Crippen molar-refractivity contribution in [3.63, 3.8) is 0 Å². The first-order chi connectivity index (χ1) is 13.9. The van der Waals surface area contributed by atoms with E-state index in [1.165, 1.54) is 0 Å². The first-order valence-corrected chi connectivity index (χ1v) is 11.1. The molecule has 2 aliphatic carbocycles. The van der Waals surface area contributed by atoms with E-state index in [2.05, 4.69) is 22.9 Å². The molecule has 156 valence electrons. The highest BCUT2D eigenvalue weighted by Gasteiger charge is 2.54. The molecule has 0 bridgehead atoms. The van der Waals surface area contributed by atoms with Crippen molar-refractivity contribution in [2.24, 2.45) is 5.92 Å². The number of thiophene rings is 1. The van der Waals surface area contributed by atoms with Gasteiger partial charge in [-0.3, -0.25) is 19.8 Å². The molecule has 3 atom stereocenters. The number of imide groups is 2. The number of urea groups is 2. The largest absolute Gasteiger partial charge is 0.335 e. The zero-order valence-electron chi connectivity index (χ0n) is 16.5. The lowest BCUT2D eigenvalue weighted by atomic mass is 9.80. The fourth-order valence-corrected chi connectivity index (χ4v) is 5.73. The number of fused-ring (bicyclic) bond motifs is 2. The van der Waals surface area contributed by atoms with Crippen molar-refractivity contribution in [1.82, 2.24) is 20.9 Å². The van der Waals surface area contributed by atoms with E-state index in [0.29, 0.717) is 12.3 Å². The van der Waals surface area contributed by atoms with E-state index >= 15 is 0 Å². The van der Waals surface area contributed by atoms with E-state index in [-0.39, 0.29) is 6.04 Å². The van der Waals surface area contributed by atoms with E-state index in [4.69, 9.17) is 0 Å². The monoisotopic (exact) mass is 418 g/mol. The summed E-state index contributed by atoms with van der Waals surface area (Å²) in [4.78, 5) is 52.1. The average molecular weight is 419 g/mol. The van der Waals surface area contributed by atoms with Gasteiger partial charge in [0.25, 0.3) is 5.91 Å². The van der Waals surface area contributed by atoms with Crippen LogP contribution in [0.5, 0.6) is 0 Å². The van der Waals surface area contributed by atoms with Gasteiger partial charge in [0.05, 0.1) is 0 Å². The zero-order chi connectivity index (χ0) is 20.6. The van der Waals surface area contributed by atoms with Crippen LogP contribution in [0.2, 0.25) is 0 Å². The molecule has 2 heterocycles. The minimum absolute atomic E-state index is 0.0378. The van der Waals surface area contributed by atoms with Gasteiger partial charge >= 0.3 is 12.1 Å². The van der Waals surface area contributed by atoms with Gasteiger partial charge in [-0.25, -0.2) is 9.59 Å². The molecule has 0 aromatic carbocycles. The fraction of sp³-hybridized carbons (Fsp3) is 0.600. The molecule has 0 unspecified atom stereocenters. The lowest BCUT2D eigenvalue weighted by molar-refractivity contribution is -0.135. The zero-order valence-corrected chi connectivity index (χ0v) is 17.3. The lowest BCUT2D eigenvalue weighted by Gasteiger charge is -2.31. The molecule has 3 aliphatic rings. The molecule has 8 nitrogen and oxygen atoms in total. The third kappa shape index (κ3) is 3.63. The third-order valence-corrected chi connectivity index (χ3v) is 7.30. The second-order valence-corrected chi connectivity index (χ2v) is 9.23. The predicted molar refractivity (Wildman–Crippen MR) is 107 cm³/mol. The van der Waals surface area contributed by atoms with Crippen LogP contribution in [0.25, 0.3) is 0 Å². The number of rotatable bonds is 3. The lowest BCUT2D eigenvalue weighted by Crippen LogP contribution is -2.51. The highest BCUT2D eigenvalue weighted by Crippen LogP contribution is 2.42. The van der Waals surface area contributed by atoms with E-state index < -0.39 is 36.0 Å². The van der Waals surface area contributed by atoms with E-state index in [1.54, 1.807) is 11.3 Å². The third-order valence-electron chi connectivity index (χ3n) is 6.32. The number of aryl methyl sites for hydroxylation is 1. The molecule has 9 heteroatoms. The van der Waals surface area contributed by atoms with Crippen molar-refractivity contribution in [1.29, 1.82) is 0 Å². The van der Waals surface area contributed by atoms with Gasteiger partial charge in [-0.05, 0) is 49.5 Å². The van der Waals surface area contributed by atoms with Crippen molar-refractivity contribution >= 4 is 35.2 Å². The summed E-state index contributed by atoms with van der Waals surface area (Å²) in [7, 11) is 0. The molecule has 4 rings (SSSR count). The van der Waals surface area contributed by atoms with E-state index in [1.807, 2.05) is 11.4 Å². The molecule has 3 N–H and O–H groups in total. The van der Waals surface area contributed by atoms with Crippen molar-refractivity contribution in [3.05, 3.63) is 21.9 Å². The predicted octanol–water partition coefficient (Wildman–Crippen LogP) is 2.24. The Hall–Kier alpha value is -2.42. The smallest absolute Gasteiger partial charge is 0.325 e. The first-order valence-electron chi connectivity index (χ1n) is 10.2. The number of carbonyl (C=O) groups excluding carboxylic acids is 4. The van der Waals surface area contributed by atoms with Crippen molar-refractivity contribution in [2.45, 2.75) is 63.5 Å². The molecule has 1 aromatic rings. The molecule has 1 spiro atoms. The van der Waals surface area contributed by atoms with Crippen LogP contribution in [0, 0.1) is 5.92 Å². The number of hydrogen-bond donors (Lipinski definition) is 3. The van der Waals surface area contributed by atoms with Gasteiger partial charge < -0.3 is 10.6 Å². The number of carbonyl (C=O) groups is 4. The minimum Gasteiger partial charge on any atom is -0.335 e. The van der Waals surface area contributed by atoms with Crippen molar-refractivity contribution < 1.29 is 19.2 Å². The van der Waals surface area contributed by atoms with Crippen LogP contribution in [0.3, 0.4) is 0 Å². The van der Waals surface area contributed by atoms with Crippen molar-refractivity contribution in [3.8, 4) is 0 Å². The van der Waals surface area contributed by atoms with Gasteiger partial charge in [0.15, 0.2) is 0 Å². The summed E-state index contributed by atoms with van der Waals surface area (Å²) in [5.74, 6) is -0.729. The Balaban J connectivity index is 1.38. The Bertz CT molecular complexity index is 853. The molecular weight excluding hydrogens is 392 g/mol. The maximum atomic E-state index is 13.1. The standard InChI is InChI=1S/C20H26N4O4S/c1-12-5-2-3-6-14(12)21-18(27)22-16(25)11-24-17(26)20(23-19(24)28)9-4-7-15-13(20)8-10-29-15/h8,10,12,14H,2-7,9,11H2,1H3,(H,23,28)(H2,21,22,25,27)/t12-,14-,20+/m1/s1. The Kier molecular flexibility index (Phi) is 5.33. The van der Waals surface area contributed by atoms with Gasteiger partial charge in [-0.15, -0.1) is 11.3 Å². The Labute approximate surface area is 173 Å². The summed E-state index contributed by atoms with van der Waals surface area (Å²) in [6.45, 7) is 1.61. The summed E-state index contributed by atoms with van der Waals surface area (Å²) in [6.07, 6.45) is 6.34. The number of hydrogen-bond acceptors (Lipinski definition) is 5. The minimum atomic E-state index is -1.08. The van der Waals surface area contributed by atoms with Crippen LogP contribution in [0.4, 0.5) is 9.59 Å². The molecule has 1 saturated carbocycles. The number of nitrogens with one attached hydrogen (secondary N) is 3. The molecule has 29 heavy (non-hydrogen) atoms. The first kappa shape index (κ1) is 19.9. The van der Waals surface area contributed by atoms with Crippen LogP contribution >= 0.6 is 11.3 Å². The van der Waals surface area contributed by atoms with Crippen molar-refractivity contribution in [2.75, 3.05) is 6.54 Å². The molecule has 1 aliphatic heterocycles. The van der Waals surface area contributed by atoms with Crippen LogP contribution in [-0.2, 0) is 21.5 Å². The number of nitrogens with zero attached hydrogens (tertiary/aromatic N) is 1. The average Bonchev–Trinajstić information content (AvgIpc) is 3.24. The summed E-state index contributed by atoms with van der Waals surface area (Å²) in [6, 6.07) is 0.745. The fourth-order valence-electron chi connectivity index (χ4n) is 4.73. The molecular formula is C20H26N4O4S. The van der Waals surface area contributed by atoms with E-state index in [9.17, 15) is 19.2 Å². The van der Waals surface area contributed by atoms with Gasteiger partial charge in [0.1, 0.15) is 12.1 Å². The second-order valence-electron chi connectivity index (χ2n) is 8.23. The SMILES string of the molecule is C[C@@H]1CCCC[C@H]1NC(=O)NC(=O)CN1C(=O)N[C@]2(CCCc3sccc32)C1=O. The van der Waals surface area contributed by atoms with Crippen LogP contribution < -0.4 is 16.0 Å². The highest BCUT2D eigenvalue weighted by molar-refractivity contribution is 7.10. The van der Waals surface area contributed by atoms with Gasteiger partial charge in [0, 0.05) is 16.5 Å². The summed E-state index contributed by atoms with van der Waals surface area (Å²) in [5, 5.41) is 9.83. The van der Waals surface area contributed by atoms with Gasteiger partial charge in [0.2, 0.25) is 5.91 Å². The molecule has 1 aromatic heterocycles. The second kappa shape index (κ2) is 7.78. The Morgan fingerprint density at radius 2 is 2.07 bits per heavy atom. The van der Waals surface area contributed by atoms with Gasteiger partial charge in [-0.1, -0.05) is 19.8 Å². The normalized spacial score (nSPS) is 28.8.